The smallest absolute Gasteiger partial charge is 0.250 e. The highest BCUT2D eigenvalue weighted by Crippen LogP contribution is 2.29. The number of benzene rings is 3. The first-order valence-electron chi connectivity index (χ1n) is 12.3. The maximum Gasteiger partial charge on any atom is 0.250 e. The number of nitrogens with zero attached hydrogens (tertiary/aromatic N) is 5. The Hall–Kier alpha value is -4.37. The predicted molar refractivity (Wildman–Crippen MR) is 151 cm³/mol. The molecule has 3 aromatic carbocycles. The number of nitrogens with one attached hydrogen (secondary N) is 2. The molecule has 1 aliphatic rings. The van der Waals surface area contributed by atoms with E-state index in [1.807, 2.05) is 72.8 Å². The van der Waals surface area contributed by atoms with Gasteiger partial charge in [0, 0.05) is 29.4 Å². The number of hydrazone groups is 1. The first-order valence-corrected chi connectivity index (χ1v) is 12.7. The van der Waals surface area contributed by atoms with Crippen LogP contribution in [0.4, 0.5) is 23.5 Å². The molecule has 0 spiro atoms. The fraction of sp³-hybridized carbons (Fsp3) is 0.214. The van der Waals surface area contributed by atoms with Crippen LogP contribution in [0.15, 0.2) is 77.9 Å². The van der Waals surface area contributed by atoms with Crippen molar-refractivity contribution in [1.29, 1.82) is 0 Å². The van der Waals surface area contributed by atoms with Gasteiger partial charge in [-0.3, -0.25) is 0 Å². The van der Waals surface area contributed by atoms with Crippen LogP contribution in [0, 0.1) is 0 Å². The molecule has 0 amide bonds. The largest absolute Gasteiger partial charge is 0.493 e. The second-order valence-corrected chi connectivity index (χ2v) is 9.04. The lowest BCUT2D eigenvalue weighted by atomic mass is 10.2. The summed E-state index contributed by atoms with van der Waals surface area (Å²) in [6.07, 6.45) is 3.91. The molecule has 0 bridgehead atoms. The molecule has 0 atom stereocenters. The fourth-order valence-corrected chi connectivity index (χ4v) is 4.19. The van der Waals surface area contributed by atoms with E-state index >= 15 is 0 Å². The molecular weight excluding hydrogens is 502 g/mol. The van der Waals surface area contributed by atoms with E-state index in [1.54, 1.807) is 13.3 Å². The van der Waals surface area contributed by atoms with Gasteiger partial charge in [0.2, 0.25) is 17.8 Å². The van der Waals surface area contributed by atoms with Gasteiger partial charge in [0.15, 0.2) is 11.5 Å². The molecule has 4 aromatic rings. The average molecular weight is 530 g/mol. The van der Waals surface area contributed by atoms with Gasteiger partial charge >= 0.3 is 0 Å². The van der Waals surface area contributed by atoms with Crippen LogP contribution >= 0.6 is 11.6 Å². The molecule has 0 radical (unpaired) electrons. The van der Waals surface area contributed by atoms with Gasteiger partial charge in [-0.2, -0.15) is 20.1 Å². The number of methoxy groups -OCH3 is 1. The summed E-state index contributed by atoms with van der Waals surface area (Å²) in [5.74, 6) is 2.62. The van der Waals surface area contributed by atoms with Crippen molar-refractivity contribution in [2.45, 2.75) is 19.4 Å². The zero-order valence-corrected chi connectivity index (χ0v) is 21.7. The van der Waals surface area contributed by atoms with E-state index in [4.69, 9.17) is 21.1 Å². The molecule has 2 heterocycles. The molecule has 1 fully saturated rings. The summed E-state index contributed by atoms with van der Waals surface area (Å²) in [4.78, 5) is 15.8. The number of para-hydroxylation sites is 1. The molecule has 1 saturated heterocycles. The van der Waals surface area contributed by atoms with Crippen molar-refractivity contribution >= 4 is 41.3 Å². The van der Waals surface area contributed by atoms with Crippen LogP contribution in [0.3, 0.4) is 0 Å². The molecule has 0 unspecified atom stereocenters. The van der Waals surface area contributed by atoms with E-state index in [-0.39, 0.29) is 0 Å². The Morgan fingerprint density at radius 1 is 0.921 bits per heavy atom. The topological polar surface area (TPSA) is 96.8 Å². The van der Waals surface area contributed by atoms with Crippen LogP contribution in [0.1, 0.15) is 24.0 Å². The van der Waals surface area contributed by atoms with E-state index in [0.717, 1.165) is 42.7 Å². The monoisotopic (exact) mass is 529 g/mol. The van der Waals surface area contributed by atoms with Crippen LogP contribution in [0.2, 0.25) is 5.02 Å². The summed E-state index contributed by atoms with van der Waals surface area (Å²) in [5.41, 5.74) is 5.55. The summed E-state index contributed by atoms with van der Waals surface area (Å²) in [6.45, 7) is 2.17. The number of aromatic nitrogens is 3. The molecular formula is C28H28ClN7O2. The molecule has 38 heavy (non-hydrogen) atoms. The van der Waals surface area contributed by atoms with E-state index < -0.39 is 0 Å². The van der Waals surface area contributed by atoms with Crippen molar-refractivity contribution in [2.75, 3.05) is 35.8 Å². The van der Waals surface area contributed by atoms with Gasteiger partial charge in [0.1, 0.15) is 6.61 Å². The lowest BCUT2D eigenvalue weighted by molar-refractivity contribution is 0.284. The summed E-state index contributed by atoms with van der Waals surface area (Å²) in [7, 11) is 1.60. The molecule has 1 aliphatic heterocycles. The third-order valence-electron chi connectivity index (χ3n) is 5.95. The molecule has 2 N–H and O–H groups in total. The van der Waals surface area contributed by atoms with Crippen molar-refractivity contribution in [2.24, 2.45) is 5.10 Å². The first-order chi connectivity index (χ1) is 18.7. The first kappa shape index (κ1) is 25.3. The highest BCUT2D eigenvalue weighted by atomic mass is 35.5. The lowest BCUT2D eigenvalue weighted by Crippen LogP contribution is -2.21. The minimum Gasteiger partial charge on any atom is -0.493 e. The summed E-state index contributed by atoms with van der Waals surface area (Å²) >= 11 is 6.24. The Morgan fingerprint density at radius 2 is 1.68 bits per heavy atom. The minimum atomic E-state index is 0.336. The summed E-state index contributed by atoms with van der Waals surface area (Å²) < 4.78 is 11.5. The van der Waals surface area contributed by atoms with Crippen LogP contribution in [0.25, 0.3) is 0 Å². The molecule has 1 aromatic heterocycles. The molecule has 194 valence electrons. The van der Waals surface area contributed by atoms with Crippen molar-refractivity contribution in [3.05, 3.63) is 88.9 Å². The highest BCUT2D eigenvalue weighted by Gasteiger charge is 2.17. The zero-order chi connectivity index (χ0) is 26.2. The van der Waals surface area contributed by atoms with Crippen molar-refractivity contribution in [3.8, 4) is 11.5 Å². The number of hydrogen-bond donors (Lipinski definition) is 2. The fourth-order valence-electron chi connectivity index (χ4n) is 4.00. The normalized spacial score (nSPS) is 13.1. The number of hydrogen-bond acceptors (Lipinski definition) is 9. The van der Waals surface area contributed by atoms with Crippen LogP contribution < -0.4 is 25.1 Å². The third kappa shape index (κ3) is 6.49. The Balaban J connectivity index is 1.29. The van der Waals surface area contributed by atoms with Gasteiger partial charge in [0.25, 0.3) is 0 Å². The van der Waals surface area contributed by atoms with Crippen molar-refractivity contribution < 1.29 is 9.47 Å². The maximum absolute atomic E-state index is 6.24. The Kier molecular flexibility index (Phi) is 8.15. The number of anilines is 4. The molecule has 0 aliphatic carbocycles. The zero-order valence-electron chi connectivity index (χ0n) is 21.0. The molecule has 5 rings (SSSR count). The van der Waals surface area contributed by atoms with E-state index in [1.165, 1.54) is 0 Å². The van der Waals surface area contributed by atoms with Gasteiger partial charge in [-0.25, -0.2) is 5.43 Å². The van der Waals surface area contributed by atoms with Gasteiger partial charge < -0.3 is 19.7 Å². The van der Waals surface area contributed by atoms with Crippen LogP contribution in [-0.4, -0.2) is 41.4 Å². The highest BCUT2D eigenvalue weighted by molar-refractivity contribution is 6.31. The van der Waals surface area contributed by atoms with Crippen LogP contribution in [-0.2, 0) is 6.61 Å². The molecule has 0 saturated carbocycles. The average Bonchev–Trinajstić information content (AvgIpc) is 3.49. The van der Waals surface area contributed by atoms with Crippen molar-refractivity contribution in [1.82, 2.24) is 15.0 Å². The number of rotatable bonds is 10. The van der Waals surface area contributed by atoms with Gasteiger partial charge in [-0.05, 0) is 54.8 Å². The van der Waals surface area contributed by atoms with Crippen LogP contribution in [0.5, 0.6) is 11.5 Å². The second kappa shape index (κ2) is 12.2. The standard InChI is InChI=1S/C28H28ClN7O2/c1-37-25-17-20(13-14-24(25)38-19-21-9-5-6-12-23(21)29)18-30-35-27-32-26(31-22-10-3-2-4-11-22)33-28(34-27)36-15-7-8-16-36/h2-6,9-14,17-18H,7-8,15-16,19H2,1H3,(H2,31,32,33,34,35)/b30-18-. The second-order valence-electron chi connectivity index (χ2n) is 8.63. The predicted octanol–water partition coefficient (Wildman–Crippen LogP) is 5.90. The number of ether oxygens (including phenoxy) is 2. The number of halogens is 1. The Labute approximate surface area is 226 Å². The van der Waals surface area contributed by atoms with Crippen molar-refractivity contribution in [3.63, 3.8) is 0 Å². The molecule has 9 nitrogen and oxygen atoms in total. The quantitative estimate of drug-likeness (QED) is 0.193. The van der Waals surface area contributed by atoms with E-state index in [0.29, 0.717) is 41.0 Å². The lowest BCUT2D eigenvalue weighted by Gasteiger charge is -2.16. The van der Waals surface area contributed by atoms with Gasteiger partial charge in [-0.1, -0.05) is 48.0 Å². The SMILES string of the molecule is COc1cc(/C=N\Nc2nc(Nc3ccccc3)nc(N3CCCC3)n2)ccc1OCc1ccccc1Cl. The Bertz CT molecular complexity index is 1400. The third-order valence-corrected chi connectivity index (χ3v) is 6.32. The minimum absolute atomic E-state index is 0.336. The summed E-state index contributed by atoms with van der Waals surface area (Å²) in [6, 6.07) is 22.9. The van der Waals surface area contributed by atoms with E-state index in [2.05, 4.69) is 35.7 Å². The Morgan fingerprint density at radius 3 is 2.47 bits per heavy atom. The summed E-state index contributed by atoms with van der Waals surface area (Å²) in [5, 5.41) is 8.26. The van der Waals surface area contributed by atoms with Gasteiger partial charge in [-0.15, -0.1) is 0 Å². The molecule has 10 heteroatoms. The maximum atomic E-state index is 6.24. The van der Waals surface area contributed by atoms with Gasteiger partial charge in [0.05, 0.1) is 13.3 Å². The van der Waals surface area contributed by atoms with E-state index in [9.17, 15) is 0 Å².